The number of hydrogen-bond donors (Lipinski definition) is 3. The number of ether oxygens (including phenoxy) is 1. The number of fused-ring (bicyclic) bond motifs is 1. The van der Waals surface area contributed by atoms with E-state index in [4.69, 9.17) is 9.73 Å². The average molecular weight is 436 g/mol. The van der Waals surface area contributed by atoms with Crippen molar-refractivity contribution in [3.8, 4) is 5.75 Å². The largest absolute Gasteiger partial charge is 0.497 e. The number of likely N-dealkylation sites (tertiary alicyclic amines) is 1. The third kappa shape index (κ3) is 4.82. The molecule has 4 rings (SSSR count). The molecule has 2 aromatic carbocycles. The standard InChI is InChI=1S/C25H33N5O2/c1-24(2,3)29-22-25(28-21-9-6-5-8-20(21)27-22)14-7-15-30(17-25)23(31)26-16-18-10-12-19(32-4)13-11-18/h5-6,8-13,28H,7,14-17H2,1-4H3,(H,26,31)(H,27,29)/t25-/m0/s1. The van der Waals surface area contributed by atoms with Gasteiger partial charge >= 0.3 is 6.03 Å². The minimum absolute atomic E-state index is 0.0596. The quantitative estimate of drug-likeness (QED) is 0.665. The van der Waals surface area contributed by atoms with E-state index in [0.717, 1.165) is 47.9 Å². The molecule has 0 radical (unpaired) electrons. The van der Waals surface area contributed by atoms with E-state index in [0.29, 0.717) is 13.1 Å². The van der Waals surface area contributed by atoms with Crippen LogP contribution in [-0.2, 0) is 6.54 Å². The number of para-hydroxylation sites is 2. The Morgan fingerprint density at radius 3 is 2.56 bits per heavy atom. The number of urea groups is 1. The Balaban J connectivity index is 1.52. The summed E-state index contributed by atoms with van der Waals surface area (Å²) in [6, 6.07) is 15.8. The molecule has 2 aliphatic heterocycles. The number of amidine groups is 1. The van der Waals surface area contributed by atoms with Gasteiger partial charge in [-0.25, -0.2) is 4.79 Å². The molecular formula is C25H33N5O2. The topological polar surface area (TPSA) is 78.0 Å². The molecule has 1 fully saturated rings. The van der Waals surface area contributed by atoms with Crippen LogP contribution in [0.25, 0.3) is 0 Å². The zero-order valence-corrected chi connectivity index (χ0v) is 19.4. The van der Waals surface area contributed by atoms with Crippen LogP contribution in [0.3, 0.4) is 0 Å². The van der Waals surface area contributed by atoms with Crippen LogP contribution in [0.2, 0.25) is 0 Å². The van der Waals surface area contributed by atoms with Crippen molar-refractivity contribution in [1.29, 1.82) is 0 Å². The Labute approximate surface area is 190 Å². The first-order valence-corrected chi connectivity index (χ1v) is 11.2. The third-order valence-electron chi connectivity index (χ3n) is 5.84. The molecular weight excluding hydrogens is 402 g/mol. The van der Waals surface area contributed by atoms with E-state index < -0.39 is 5.54 Å². The van der Waals surface area contributed by atoms with Gasteiger partial charge in [-0.15, -0.1) is 0 Å². The van der Waals surface area contributed by atoms with E-state index in [-0.39, 0.29) is 11.6 Å². The summed E-state index contributed by atoms with van der Waals surface area (Å²) in [7, 11) is 1.65. The number of nitrogens with zero attached hydrogens (tertiary/aromatic N) is 2. The maximum atomic E-state index is 13.1. The Bertz CT molecular complexity index is 996. The lowest BCUT2D eigenvalue weighted by molar-refractivity contribution is 0.173. The van der Waals surface area contributed by atoms with Crippen molar-refractivity contribution in [1.82, 2.24) is 10.2 Å². The Kier molecular flexibility index (Phi) is 6.00. The summed E-state index contributed by atoms with van der Waals surface area (Å²) >= 11 is 0. The maximum absolute atomic E-state index is 13.1. The van der Waals surface area contributed by atoms with Crippen molar-refractivity contribution in [2.45, 2.75) is 51.2 Å². The number of nitrogens with one attached hydrogen (secondary N) is 3. The fraction of sp³-hybridized carbons (Fsp3) is 0.440. The predicted octanol–water partition coefficient (Wildman–Crippen LogP) is 4.47. The zero-order valence-electron chi connectivity index (χ0n) is 19.4. The van der Waals surface area contributed by atoms with Gasteiger partial charge in [-0.2, -0.15) is 0 Å². The summed E-state index contributed by atoms with van der Waals surface area (Å²) in [6.45, 7) is 8.04. The van der Waals surface area contributed by atoms with E-state index in [1.54, 1.807) is 7.11 Å². The van der Waals surface area contributed by atoms with Gasteiger partial charge in [0, 0.05) is 13.1 Å². The molecule has 1 atom stereocenters. The summed E-state index contributed by atoms with van der Waals surface area (Å²) in [5, 5.41) is 10.4. The van der Waals surface area contributed by atoms with Gasteiger partial charge in [0.2, 0.25) is 0 Å². The number of aliphatic imine (C=N–C) groups is 1. The van der Waals surface area contributed by atoms with E-state index in [1.165, 1.54) is 0 Å². The fourth-order valence-corrected chi connectivity index (χ4v) is 4.29. The Hall–Kier alpha value is -3.22. The van der Waals surface area contributed by atoms with Crippen molar-refractivity contribution < 1.29 is 9.53 Å². The van der Waals surface area contributed by atoms with Crippen LogP contribution in [0, 0.1) is 0 Å². The Morgan fingerprint density at radius 1 is 1.16 bits per heavy atom. The van der Waals surface area contributed by atoms with Crippen molar-refractivity contribution in [3.63, 3.8) is 0 Å². The van der Waals surface area contributed by atoms with Crippen molar-refractivity contribution in [2.75, 3.05) is 30.8 Å². The first kappa shape index (κ1) is 22.0. The predicted molar refractivity (Wildman–Crippen MR) is 130 cm³/mol. The fourth-order valence-electron chi connectivity index (χ4n) is 4.29. The highest BCUT2D eigenvalue weighted by molar-refractivity contribution is 6.10. The molecule has 0 aliphatic carbocycles. The number of rotatable bonds is 3. The van der Waals surface area contributed by atoms with Gasteiger partial charge in [0.25, 0.3) is 0 Å². The number of piperidine rings is 1. The van der Waals surface area contributed by atoms with E-state index in [1.807, 2.05) is 41.3 Å². The smallest absolute Gasteiger partial charge is 0.317 e. The molecule has 1 spiro atoms. The monoisotopic (exact) mass is 435 g/mol. The second-order valence-electron chi connectivity index (χ2n) is 9.54. The number of carbonyl (C=O) groups is 1. The molecule has 170 valence electrons. The summed E-state index contributed by atoms with van der Waals surface area (Å²) in [4.78, 5) is 20.0. The van der Waals surface area contributed by atoms with Crippen LogP contribution in [-0.4, -0.2) is 48.0 Å². The number of benzene rings is 2. The molecule has 2 amide bonds. The molecule has 1 saturated heterocycles. The van der Waals surface area contributed by atoms with Gasteiger partial charge in [-0.3, -0.25) is 4.99 Å². The molecule has 2 aromatic rings. The number of hydrogen-bond acceptors (Lipinski definition) is 4. The van der Waals surface area contributed by atoms with Crippen molar-refractivity contribution >= 4 is 23.2 Å². The SMILES string of the molecule is COc1ccc(CNC(=O)N2CCC[C@@]3(C2)Nc2ccccc2NC3=NC(C)(C)C)cc1. The summed E-state index contributed by atoms with van der Waals surface area (Å²) < 4.78 is 5.20. The van der Waals surface area contributed by atoms with Gasteiger partial charge < -0.3 is 25.6 Å². The van der Waals surface area contributed by atoms with E-state index in [2.05, 4.69) is 48.9 Å². The number of amides is 2. The van der Waals surface area contributed by atoms with Gasteiger partial charge in [0.1, 0.15) is 17.1 Å². The summed E-state index contributed by atoms with van der Waals surface area (Å²) in [5.74, 6) is 1.70. The normalized spacial score (nSPS) is 21.5. The van der Waals surface area contributed by atoms with Crippen LogP contribution in [0.5, 0.6) is 5.75 Å². The van der Waals surface area contributed by atoms with Crippen LogP contribution < -0.4 is 20.7 Å². The second-order valence-corrected chi connectivity index (χ2v) is 9.54. The zero-order chi connectivity index (χ0) is 22.8. The second kappa shape index (κ2) is 8.73. The average Bonchev–Trinajstić information content (AvgIpc) is 2.77. The van der Waals surface area contributed by atoms with E-state index in [9.17, 15) is 4.79 Å². The van der Waals surface area contributed by atoms with Gasteiger partial charge in [-0.1, -0.05) is 24.3 Å². The lowest BCUT2D eigenvalue weighted by atomic mass is 9.85. The summed E-state index contributed by atoms with van der Waals surface area (Å²) in [5.41, 5.74) is 2.43. The van der Waals surface area contributed by atoms with E-state index >= 15 is 0 Å². The van der Waals surface area contributed by atoms with Crippen LogP contribution >= 0.6 is 0 Å². The van der Waals surface area contributed by atoms with Crippen LogP contribution in [0.15, 0.2) is 53.5 Å². The molecule has 0 saturated carbocycles. The molecule has 3 N–H and O–H groups in total. The number of carbonyl (C=O) groups excluding carboxylic acids is 1. The third-order valence-corrected chi connectivity index (χ3v) is 5.84. The molecule has 2 heterocycles. The molecule has 0 aromatic heterocycles. The Morgan fingerprint density at radius 2 is 1.88 bits per heavy atom. The maximum Gasteiger partial charge on any atom is 0.317 e. The first-order valence-electron chi connectivity index (χ1n) is 11.2. The molecule has 2 aliphatic rings. The molecule has 7 nitrogen and oxygen atoms in total. The molecule has 7 heteroatoms. The first-order chi connectivity index (χ1) is 15.3. The lowest BCUT2D eigenvalue weighted by Crippen LogP contribution is -2.63. The molecule has 32 heavy (non-hydrogen) atoms. The van der Waals surface area contributed by atoms with Crippen molar-refractivity contribution in [3.05, 3.63) is 54.1 Å². The van der Waals surface area contributed by atoms with Gasteiger partial charge in [-0.05, 0) is 63.4 Å². The highest BCUT2D eigenvalue weighted by Crippen LogP contribution is 2.37. The molecule has 0 unspecified atom stereocenters. The molecule has 0 bridgehead atoms. The highest BCUT2D eigenvalue weighted by Gasteiger charge is 2.45. The lowest BCUT2D eigenvalue weighted by Gasteiger charge is -2.47. The number of methoxy groups -OCH3 is 1. The highest BCUT2D eigenvalue weighted by atomic mass is 16.5. The van der Waals surface area contributed by atoms with Gasteiger partial charge in [0.05, 0.1) is 30.6 Å². The van der Waals surface area contributed by atoms with Crippen LogP contribution in [0.1, 0.15) is 39.2 Å². The van der Waals surface area contributed by atoms with Crippen LogP contribution in [0.4, 0.5) is 16.2 Å². The van der Waals surface area contributed by atoms with Crippen molar-refractivity contribution in [2.24, 2.45) is 4.99 Å². The minimum Gasteiger partial charge on any atom is -0.497 e. The minimum atomic E-state index is -0.433. The summed E-state index contributed by atoms with van der Waals surface area (Å²) in [6.07, 6.45) is 1.81. The number of anilines is 2. The van der Waals surface area contributed by atoms with Gasteiger partial charge in [0.15, 0.2) is 0 Å².